The maximum Gasteiger partial charge on any atom is 0.0613 e. The fourth-order valence-corrected chi connectivity index (χ4v) is 1.41. The van der Waals surface area contributed by atoms with Gasteiger partial charge in [-0.25, -0.2) is 0 Å². The van der Waals surface area contributed by atoms with Crippen LogP contribution in [0.1, 0.15) is 33.1 Å². The van der Waals surface area contributed by atoms with Crippen molar-refractivity contribution in [3.05, 3.63) is 0 Å². The molecule has 68 valence electrons. The molecule has 2 N–H and O–H groups in total. The minimum absolute atomic E-state index is 0.224. The van der Waals surface area contributed by atoms with Crippen molar-refractivity contribution in [1.29, 1.82) is 0 Å². The van der Waals surface area contributed by atoms with Crippen LogP contribution in [0.3, 0.4) is 0 Å². The van der Waals surface area contributed by atoms with Crippen LogP contribution >= 0.6 is 0 Å². The summed E-state index contributed by atoms with van der Waals surface area (Å²) in [5.74, 6) is 0.741. The molecule has 0 saturated carbocycles. The highest BCUT2D eigenvalue weighted by atomic mass is 16.5. The molecule has 2 atom stereocenters. The molecule has 0 aliphatic heterocycles. The van der Waals surface area contributed by atoms with Gasteiger partial charge in [0.15, 0.2) is 0 Å². The van der Waals surface area contributed by atoms with Crippen molar-refractivity contribution in [1.82, 2.24) is 0 Å². The normalized spacial score (nSPS) is 16.4. The summed E-state index contributed by atoms with van der Waals surface area (Å²) >= 11 is 0. The van der Waals surface area contributed by atoms with E-state index in [1.807, 2.05) is 0 Å². The highest BCUT2D eigenvalue weighted by Gasteiger charge is 2.07. The van der Waals surface area contributed by atoms with E-state index in [1.54, 1.807) is 7.11 Å². The zero-order chi connectivity index (χ0) is 8.69. The summed E-state index contributed by atoms with van der Waals surface area (Å²) in [6.07, 6.45) is 3.61. The first-order valence-corrected chi connectivity index (χ1v) is 4.45. The molecule has 0 heterocycles. The fourth-order valence-electron chi connectivity index (χ4n) is 1.41. The Labute approximate surface area is 70.1 Å². The summed E-state index contributed by atoms with van der Waals surface area (Å²) in [6.45, 7) is 5.14. The zero-order valence-electron chi connectivity index (χ0n) is 7.97. The molecule has 0 amide bonds. The Balaban J connectivity index is 3.32. The third kappa shape index (κ3) is 6.32. The monoisotopic (exact) mass is 159 g/mol. The van der Waals surface area contributed by atoms with Gasteiger partial charge in [0.25, 0.3) is 0 Å². The first-order valence-electron chi connectivity index (χ1n) is 4.45. The van der Waals surface area contributed by atoms with E-state index in [4.69, 9.17) is 10.5 Å². The van der Waals surface area contributed by atoms with E-state index in [1.165, 1.54) is 12.8 Å². The molecule has 11 heavy (non-hydrogen) atoms. The fraction of sp³-hybridized carbons (Fsp3) is 1.00. The quantitative estimate of drug-likeness (QED) is 0.641. The van der Waals surface area contributed by atoms with Gasteiger partial charge in [-0.15, -0.1) is 0 Å². The molecule has 0 aliphatic rings. The van der Waals surface area contributed by atoms with Crippen LogP contribution in [-0.4, -0.2) is 19.8 Å². The Morgan fingerprint density at radius 2 is 2.09 bits per heavy atom. The Morgan fingerprint density at radius 1 is 1.45 bits per heavy atom. The van der Waals surface area contributed by atoms with E-state index in [-0.39, 0.29) is 6.04 Å². The largest absolute Gasteiger partial charge is 0.383 e. The van der Waals surface area contributed by atoms with Gasteiger partial charge in [0, 0.05) is 13.2 Å². The van der Waals surface area contributed by atoms with E-state index in [9.17, 15) is 0 Å². The molecular weight excluding hydrogens is 138 g/mol. The van der Waals surface area contributed by atoms with Gasteiger partial charge in [-0.05, 0) is 12.3 Å². The minimum Gasteiger partial charge on any atom is -0.383 e. The van der Waals surface area contributed by atoms with E-state index in [2.05, 4.69) is 13.8 Å². The Kier molecular flexibility index (Phi) is 6.57. The van der Waals surface area contributed by atoms with Gasteiger partial charge in [0.1, 0.15) is 0 Å². The number of hydrogen-bond donors (Lipinski definition) is 1. The van der Waals surface area contributed by atoms with Crippen LogP contribution in [0.15, 0.2) is 0 Å². The maximum absolute atomic E-state index is 5.79. The summed E-state index contributed by atoms with van der Waals surface area (Å²) in [6, 6.07) is 0.224. The van der Waals surface area contributed by atoms with E-state index in [0.29, 0.717) is 6.61 Å². The molecule has 0 spiro atoms. The molecule has 2 nitrogen and oxygen atoms in total. The Morgan fingerprint density at radius 3 is 2.55 bits per heavy atom. The zero-order valence-corrected chi connectivity index (χ0v) is 7.97. The van der Waals surface area contributed by atoms with Crippen LogP contribution in [0.25, 0.3) is 0 Å². The third-order valence-electron chi connectivity index (χ3n) is 1.87. The highest BCUT2D eigenvalue weighted by Crippen LogP contribution is 2.11. The molecule has 2 heteroatoms. The molecule has 0 rings (SSSR count). The van der Waals surface area contributed by atoms with Crippen LogP contribution in [0, 0.1) is 5.92 Å². The van der Waals surface area contributed by atoms with Gasteiger partial charge in [-0.3, -0.25) is 0 Å². The van der Waals surface area contributed by atoms with Crippen LogP contribution in [0.2, 0.25) is 0 Å². The highest BCUT2D eigenvalue weighted by molar-refractivity contribution is 4.64. The van der Waals surface area contributed by atoms with Gasteiger partial charge < -0.3 is 10.5 Å². The standard InChI is InChI=1S/C9H21NO/c1-4-5-8(2)6-9(10)7-11-3/h8-9H,4-7,10H2,1-3H3. The van der Waals surface area contributed by atoms with Crippen molar-refractivity contribution in [2.75, 3.05) is 13.7 Å². The predicted molar refractivity (Wildman–Crippen MR) is 48.5 cm³/mol. The van der Waals surface area contributed by atoms with Crippen LogP contribution < -0.4 is 5.73 Å². The molecule has 0 radical (unpaired) electrons. The minimum atomic E-state index is 0.224. The second kappa shape index (κ2) is 6.62. The average Bonchev–Trinajstić information content (AvgIpc) is 1.87. The number of nitrogens with two attached hydrogens (primary N) is 1. The lowest BCUT2D eigenvalue weighted by molar-refractivity contribution is 0.170. The lowest BCUT2D eigenvalue weighted by Gasteiger charge is -2.15. The molecule has 0 saturated heterocycles. The van der Waals surface area contributed by atoms with Gasteiger partial charge in [0.05, 0.1) is 6.61 Å². The van der Waals surface area contributed by atoms with Gasteiger partial charge in [-0.2, -0.15) is 0 Å². The molecule has 0 aromatic rings. The average molecular weight is 159 g/mol. The molecule has 0 bridgehead atoms. The lowest BCUT2D eigenvalue weighted by atomic mass is 9.98. The van der Waals surface area contributed by atoms with Crippen molar-refractivity contribution in [3.63, 3.8) is 0 Å². The Hall–Kier alpha value is -0.0800. The second-order valence-corrected chi connectivity index (χ2v) is 3.34. The number of methoxy groups -OCH3 is 1. The summed E-state index contributed by atoms with van der Waals surface area (Å²) in [7, 11) is 1.70. The third-order valence-corrected chi connectivity index (χ3v) is 1.87. The van der Waals surface area contributed by atoms with Crippen LogP contribution in [-0.2, 0) is 4.74 Å². The molecule has 0 aromatic heterocycles. The Bertz CT molecular complexity index is 75.6. The molecule has 0 aliphatic carbocycles. The smallest absolute Gasteiger partial charge is 0.0613 e. The van der Waals surface area contributed by atoms with Gasteiger partial charge in [0.2, 0.25) is 0 Å². The van der Waals surface area contributed by atoms with Crippen molar-refractivity contribution in [2.24, 2.45) is 11.7 Å². The van der Waals surface area contributed by atoms with Crippen molar-refractivity contribution < 1.29 is 4.74 Å². The van der Waals surface area contributed by atoms with Crippen molar-refractivity contribution in [2.45, 2.75) is 39.2 Å². The van der Waals surface area contributed by atoms with Crippen molar-refractivity contribution in [3.8, 4) is 0 Å². The first kappa shape index (κ1) is 10.9. The topological polar surface area (TPSA) is 35.2 Å². The molecule has 0 fully saturated rings. The number of hydrogen-bond acceptors (Lipinski definition) is 2. The SMILES string of the molecule is CCCC(C)CC(N)COC. The first-order chi connectivity index (χ1) is 5.20. The van der Waals surface area contributed by atoms with Gasteiger partial charge >= 0.3 is 0 Å². The lowest BCUT2D eigenvalue weighted by Crippen LogP contribution is -2.27. The summed E-state index contributed by atoms with van der Waals surface area (Å²) in [4.78, 5) is 0. The molecule has 0 aromatic carbocycles. The van der Waals surface area contributed by atoms with Crippen molar-refractivity contribution >= 4 is 0 Å². The second-order valence-electron chi connectivity index (χ2n) is 3.34. The van der Waals surface area contributed by atoms with E-state index in [0.717, 1.165) is 12.3 Å². The summed E-state index contributed by atoms with van der Waals surface area (Å²) < 4.78 is 4.96. The van der Waals surface area contributed by atoms with Crippen LogP contribution in [0.4, 0.5) is 0 Å². The maximum atomic E-state index is 5.79. The van der Waals surface area contributed by atoms with Gasteiger partial charge in [-0.1, -0.05) is 26.7 Å². The summed E-state index contributed by atoms with van der Waals surface area (Å²) in [5.41, 5.74) is 5.79. The molecular formula is C9H21NO. The molecule has 2 unspecified atom stereocenters. The predicted octanol–water partition coefficient (Wildman–Crippen LogP) is 1.79. The summed E-state index contributed by atoms with van der Waals surface area (Å²) in [5, 5.41) is 0. The van der Waals surface area contributed by atoms with E-state index < -0.39 is 0 Å². The van der Waals surface area contributed by atoms with E-state index >= 15 is 0 Å². The van der Waals surface area contributed by atoms with Crippen LogP contribution in [0.5, 0.6) is 0 Å². The number of rotatable bonds is 6. The number of ether oxygens (including phenoxy) is 1.